The van der Waals surface area contributed by atoms with Crippen molar-refractivity contribution in [3.63, 3.8) is 0 Å². The van der Waals surface area contributed by atoms with Crippen LogP contribution < -0.4 is 5.73 Å². The predicted molar refractivity (Wildman–Crippen MR) is 87.3 cm³/mol. The Labute approximate surface area is 138 Å². The number of piperidine rings is 1. The van der Waals surface area contributed by atoms with Crippen molar-refractivity contribution >= 4 is 32.3 Å². The highest BCUT2D eigenvalue weighted by molar-refractivity contribution is 7.90. The summed E-state index contributed by atoms with van der Waals surface area (Å²) in [4.78, 5) is 0.240. The molecule has 1 fully saturated rings. The van der Waals surface area contributed by atoms with Gasteiger partial charge in [-0.15, -0.1) is 12.4 Å². The van der Waals surface area contributed by atoms with Gasteiger partial charge in [-0.2, -0.15) is 4.31 Å². The minimum atomic E-state index is -3.56. The number of rotatable bonds is 4. The molecule has 0 radical (unpaired) electrons. The third kappa shape index (κ3) is 4.20. The van der Waals surface area contributed by atoms with Crippen LogP contribution in [-0.4, -0.2) is 47.0 Å². The molecule has 1 aliphatic rings. The van der Waals surface area contributed by atoms with Crippen molar-refractivity contribution in [2.45, 2.75) is 22.6 Å². The van der Waals surface area contributed by atoms with Crippen LogP contribution in [0.15, 0.2) is 34.1 Å². The number of nitrogens with two attached hydrogens (primary N) is 1. The summed E-state index contributed by atoms with van der Waals surface area (Å²) >= 11 is 0. The lowest BCUT2D eigenvalue weighted by molar-refractivity contribution is 0.278. The molecule has 0 atom stereocenters. The van der Waals surface area contributed by atoms with E-state index in [2.05, 4.69) is 0 Å². The predicted octanol–water partition coefficient (Wildman–Crippen LogP) is 0.871. The van der Waals surface area contributed by atoms with E-state index in [0.29, 0.717) is 25.6 Å². The molecule has 1 aromatic rings. The van der Waals surface area contributed by atoms with Gasteiger partial charge >= 0.3 is 0 Å². The topological polar surface area (TPSA) is 97.5 Å². The number of benzene rings is 1. The van der Waals surface area contributed by atoms with E-state index in [9.17, 15) is 16.8 Å². The van der Waals surface area contributed by atoms with Gasteiger partial charge in [-0.1, -0.05) is 0 Å². The van der Waals surface area contributed by atoms with E-state index in [-0.39, 0.29) is 22.2 Å². The molecule has 22 heavy (non-hydrogen) atoms. The first-order valence-electron chi connectivity index (χ1n) is 6.75. The van der Waals surface area contributed by atoms with E-state index in [0.717, 1.165) is 19.1 Å². The van der Waals surface area contributed by atoms with Gasteiger partial charge < -0.3 is 5.73 Å². The zero-order chi connectivity index (χ0) is 15.7. The van der Waals surface area contributed by atoms with E-state index in [1.54, 1.807) is 0 Å². The van der Waals surface area contributed by atoms with Crippen molar-refractivity contribution in [2.75, 3.05) is 25.9 Å². The van der Waals surface area contributed by atoms with E-state index in [4.69, 9.17) is 5.73 Å². The van der Waals surface area contributed by atoms with Gasteiger partial charge in [0.2, 0.25) is 10.0 Å². The zero-order valence-corrected chi connectivity index (χ0v) is 14.8. The second kappa shape index (κ2) is 7.27. The number of hydrogen-bond acceptors (Lipinski definition) is 5. The summed E-state index contributed by atoms with van der Waals surface area (Å²) in [6.07, 6.45) is 2.61. The molecule has 0 spiro atoms. The van der Waals surface area contributed by atoms with Crippen LogP contribution in [0.5, 0.6) is 0 Å². The number of sulfone groups is 1. The fourth-order valence-electron chi connectivity index (χ4n) is 2.39. The third-order valence-electron chi connectivity index (χ3n) is 3.80. The van der Waals surface area contributed by atoms with E-state index < -0.39 is 19.9 Å². The smallest absolute Gasteiger partial charge is 0.243 e. The van der Waals surface area contributed by atoms with Gasteiger partial charge in [0.1, 0.15) is 0 Å². The number of halogens is 1. The minimum absolute atomic E-state index is 0. The van der Waals surface area contributed by atoms with Gasteiger partial charge in [0.15, 0.2) is 9.84 Å². The quantitative estimate of drug-likeness (QED) is 0.850. The van der Waals surface area contributed by atoms with Gasteiger partial charge in [0.05, 0.1) is 9.79 Å². The fourth-order valence-corrected chi connectivity index (χ4v) is 4.49. The van der Waals surface area contributed by atoms with Crippen molar-refractivity contribution < 1.29 is 16.8 Å². The number of hydrogen-bond donors (Lipinski definition) is 1. The molecule has 0 aliphatic carbocycles. The highest BCUT2D eigenvalue weighted by atomic mass is 35.5. The minimum Gasteiger partial charge on any atom is -0.330 e. The Morgan fingerprint density at radius 3 is 1.91 bits per heavy atom. The summed E-state index contributed by atoms with van der Waals surface area (Å²) in [6, 6.07) is 5.35. The molecule has 1 heterocycles. The maximum absolute atomic E-state index is 12.5. The monoisotopic (exact) mass is 368 g/mol. The Balaban J connectivity index is 0.00000242. The van der Waals surface area contributed by atoms with Gasteiger partial charge in [-0.3, -0.25) is 0 Å². The first-order chi connectivity index (χ1) is 9.75. The molecule has 126 valence electrons. The molecule has 1 aromatic carbocycles. The van der Waals surface area contributed by atoms with Crippen LogP contribution in [0.25, 0.3) is 0 Å². The summed E-state index contributed by atoms with van der Waals surface area (Å²) in [5.41, 5.74) is 5.60. The van der Waals surface area contributed by atoms with Crippen LogP contribution in [0, 0.1) is 5.92 Å². The van der Waals surface area contributed by atoms with Crippen molar-refractivity contribution in [3.8, 4) is 0 Å². The maximum Gasteiger partial charge on any atom is 0.243 e. The summed E-state index contributed by atoms with van der Waals surface area (Å²) in [5.74, 6) is 0.379. The van der Waals surface area contributed by atoms with Crippen LogP contribution in [0.3, 0.4) is 0 Å². The molecule has 2 N–H and O–H groups in total. The molecule has 0 amide bonds. The molecule has 6 nitrogen and oxygen atoms in total. The first kappa shape index (κ1) is 19.4. The third-order valence-corrected chi connectivity index (χ3v) is 6.84. The van der Waals surface area contributed by atoms with Gasteiger partial charge in [-0.25, -0.2) is 16.8 Å². The molecule has 0 saturated carbocycles. The lowest BCUT2D eigenvalue weighted by atomic mass is 9.99. The van der Waals surface area contributed by atoms with Crippen molar-refractivity contribution in [1.82, 2.24) is 4.31 Å². The van der Waals surface area contributed by atoms with Crippen molar-refractivity contribution in [3.05, 3.63) is 24.3 Å². The molecule has 0 unspecified atom stereocenters. The maximum atomic E-state index is 12.5. The van der Waals surface area contributed by atoms with Gasteiger partial charge in [0.25, 0.3) is 0 Å². The summed E-state index contributed by atoms with van der Waals surface area (Å²) in [6.45, 7) is 1.49. The van der Waals surface area contributed by atoms with Crippen LogP contribution in [0.1, 0.15) is 12.8 Å². The van der Waals surface area contributed by atoms with Crippen molar-refractivity contribution in [2.24, 2.45) is 11.7 Å². The Morgan fingerprint density at radius 2 is 1.50 bits per heavy atom. The second-order valence-corrected chi connectivity index (χ2v) is 9.28. The summed E-state index contributed by atoms with van der Waals surface area (Å²) in [7, 11) is -6.88. The number of sulfonamides is 1. The highest BCUT2D eigenvalue weighted by Gasteiger charge is 2.29. The summed E-state index contributed by atoms with van der Waals surface area (Å²) in [5, 5.41) is 0. The van der Waals surface area contributed by atoms with Crippen molar-refractivity contribution in [1.29, 1.82) is 0 Å². The van der Waals surface area contributed by atoms with Crippen LogP contribution in [-0.2, 0) is 19.9 Å². The second-order valence-electron chi connectivity index (χ2n) is 5.33. The molecule has 2 rings (SSSR count). The Morgan fingerprint density at radius 1 is 1.05 bits per heavy atom. The normalized spacial score (nSPS) is 17.9. The zero-order valence-electron chi connectivity index (χ0n) is 12.3. The van der Waals surface area contributed by atoms with Crippen LogP contribution in [0.4, 0.5) is 0 Å². The molecule has 0 bridgehead atoms. The Hall–Kier alpha value is -0.670. The molecule has 0 aromatic heterocycles. The molecular formula is C13H21ClN2O4S2. The highest BCUT2D eigenvalue weighted by Crippen LogP contribution is 2.24. The average Bonchev–Trinajstić information content (AvgIpc) is 2.46. The largest absolute Gasteiger partial charge is 0.330 e. The fraction of sp³-hybridized carbons (Fsp3) is 0.538. The van der Waals surface area contributed by atoms with Crippen LogP contribution >= 0.6 is 12.4 Å². The van der Waals surface area contributed by atoms with E-state index >= 15 is 0 Å². The molecule has 9 heteroatoms. The van der Waals surface area contributed by atoms with E-state index in [1.807, 2.05) is 0 Å². The molecular weight excluding hydrogens is 348 g/mol. The average molecular weight is 369 g/mol. The van der Waals surface area contributed by atoms with Gasteiger partial charge in [-0.05, 0) is 49.6 Å². The molecule has 1 saturated heterocycles. The SMILES string of the molecule is CS(=O)(=O)c1ccc(S(=O)(=O)N2CCC(CN)CC2)cc1.Cl. The van der Waals surface area contributed by atoms with Gasteiger partial charge in [0, 0.05) is 19.3 Å². The molecule has 1 aliphatic heterocycles. The number of nitrogens with zero attached hydrogens (tertiary/aromatic N) is 1. The summed E-state index contributed by atoms with van der Waals surface area (Å²) < 4.78 is 49.2. The lowest BCUT2D eigenvalue weighted by Gasteiger charge is -2.30. The van der Waals surface area contributed by atoms with E-state index in [1.165, 1.54) is 28.6 Å². The first-order valence-corrected chi connectivity index (χ1v) is 10.1. The Kier molecular flexibility index (Phi) is 6.40. The standard InChI is InChI=1S/C13H20N2O4S2.ClH/c1-20(16,17)12-2-4-13(5-3-12)21(18,19)15-8-6-11(10-14)7-9-15;/h2-5,11H,6-10,14H2,1H3;1H. The lowest BCUT2D eigenvalue weighted by Crippen LogP contribution is -2.40. The Bertz CT molecular complexity index is 694. The van der Waals surface area contributed by atoms with Crippen LogP contribution in [0.2, 0.25) is 0 Å².